The number of nitrogens with zero attached hydrogens (tertiary/aromatic N) is 3. The molecule has 0 fully saturated rings. The number of fused-ring (bicyclic) bond motifs is 9. The summed E-state index contributed by atoms with van der Waals surface area (Å²) in [5.41, 5.74) is 15.5. The lowest BCUT2D eigenvalue weighted by molar-refractivity contribution is 1.15. The fraction of sp³-hybridized carbons (Fsp3) is 0. The minimum atomic E-state index is 1.14. The van der Waals surface area contributed by atoms with Crippen LogP contribution in [0, 0.1) is 0 Å². The van der Waals surface area contributed by atoms with Gasteiger partial charge in [-0.3, -0.25) is 0 Å². The Morgan fingerprint density at radius 1 is 0.193 bits per heavy atom. The van der Waals surface area contributed by atoms with Crippen LogP contribution in [0.5, 0.6) is 0 Å². The van der Waals surface area contributed by atoms with Crippen molar-refractivity contribution in [2.24, 2.45) is 0 Å². The Bertz CT molecular complexity index is 3500. The van der Waals surface area contributed by atoms with Gasteiger partial charge in [0.1, 0.15) is 0 Å². The molecule has 266 valence electrons. The third-order valence-electron chi connectivity index (χ3n) is 11.8. The van der Waals surface area contributed by atoms with Gasteiger partial charge >= 0.3 is 0 Å². The Hall–Kier alpha value is -7.62. The minimum absolute atomic E-state index is 1.14. The number of aromatic nitrogens is 3. The molecule has 0 aliphatic carbocycles. The van der Waals surface area contributed by atoms with Crippen LogP contribution in [0.4, 0.5) is 0 Å². The van der Waals surface area contributed by atoms with E-state index in [9.17, 15) is 0 Å². The lowest BCUT2D eigenvalue weighted by Gasteiger charge is -2.12. The topological polar surface area (TPSA) is 14.8 Å². The van der Waals surface area contributed by atoms with Gasteiger partial charge in [0.15, 0.2) is 0 Å². The van der Waals surface area contributed by atoms with Gasteiger partial charge in [0, 0.05) is 49.4 Å². The molecular weight excluding hydrogens is 691 g/mol. The highest BCUT2D eigenvalue weighted by molar-refractivity contribution is 6.14. The van der Waals surface area contributed by atoms with Crippen molar-refractivity contribution in [3.8, 4) is 39.3 Å². The third-order valence-corrected chi connectivity index (χ3v) is 11.8. The molecule has 0 spiro atoms. The van der Waals surface area contributed by atoms with E-state index in [-0.39, 0.29) is 0 Å². The largest absolute Gasteiger partial charge is 0.309 e. The van der Waals surface area contributed by atoms with Crippen molar-refractivity contribution in [2.45, 2.75) is 0 Å². The van der Waals surface area contributed by atoms with Gasteiger partial charge in [-0.1, -0.05) is 127 Å². The van der Waals surface area contributed by atoms with Crippen LogP contribution >= 0.6 is 0 Å². The van der Waals surface area contributed by atoms with Crippen LogP contribution in [0.1, 0.15) is 0 Å². The molecule has 0 N–H and O–H groups in total. The number of hydrogen-bond acceptors (Lipinski definition) is 0. The summed E-state index contributed by atoms with van der Waals surface area (Å²) in [7, 11) is 0. The monoisotopic (exact) mass is 725 g/mol. The van der Waals surface area contributed by atoms with Crippen molar-refractivity contribution < 1.29 is 0 Å². The van der Waals surface area contributed by atoms with Crippen LogP contribution in [0.15, 0.2) is 212 Å². The van der Waals surface area contributed by atoms with Gasteiger partial charge in [-0.25, -0.2) is 0 Å². The Morgan fingerprint density at radius 3 is 1.11 bits per heavy atom. The molecule has 12 rings (SSSR count). The van der Waals surface area contributed by atoms with E-state index in [4.69, 9.17) is 0 Å². The van der Waals surface area contributed by atoms with Gasteiger partial charge in [0.05, 0.1) is 33.1 Å². The van der Waals surface area contributed by atoms with E-state index in [0.29, 0.717) is 0 Å². The maximum Gasteiger partial charge on any atom is 0.0561 e. The fourth-order valence-electron chi connectivity index (χ4n) is 9.25. The summed E-state index contributed by atoms with van der Waals surface area (Å²) in [6, 6.07) is 77.5. The van der Waals surface area contributed by atoms with Gasteiger partial charge in [0.2, 0.25) is 0 Å². The molecule has 3 heterocycles. The summed E-state index contributed by atoms with van der Waals surface area (Å²) < 4.78 is 7.23. The first-order valence-electron chi connectivity index (χ1n) is 19.6. The maximum absolute atomic E-state index is 2.45. The highest BCUT2D eigenvalue weighted by Crippen LogP contribution is 2.41. The smallest absolute Gasteiger partial charge is 0.0561 e. The van der Waals surface area contributed by atoms with Crippen LogP contribution in [0.25, 0.3) is 105 Å². The average Bonchev–Trinajstić information content (AvgIpc) is 3.92. The van der Waals surface area contributed by atoms with Crippen LogP contribution < -0.4 is 0 Å². The number of rotatable bonds is 5. The number of para-hydroxylation sites is 4. The van der Waals surface area contributed by atoms with Crippen molar-refractivity contribution in [2.75, 3.05) is 0 Å². The van der Waals surface area contributed by atoms with Crippen molar-refractivity contribution in [3.05, 3.63) is 212 Å². The van der Waals surface area contributed by atoms with E-state index in [1.165, 1.54) is 93.4 Å². The van der Waals surface area contributed by atoms with E-state index < -0.39 is 0 Å². The van der Waals surface area contributed by atoms with Crippen LogP contribution in [-0.2, 0) is 0 Å². The second kappa shape index (κ2) is 12.5. The first-order valence-corrected chi connectivity index (χ1v) is 19.6. The zero-order chi connectivity index (χ0) is 37.5. The molecular formula is C54H35N3. The second-order valence-corrected chi connectivity index (χ2v) is 15.0. The zero-order valence-corrected chi connectivity index (χ0v) is 31.0. The highest BCUT2D eigenvalue weighted by Gasteiger charge is 2.19. The lowest BCUT2D eigenvalue weighted by atomic mass is 9.99. The Balaban J connectivity index is 1.09. The Morgan fingerprint density at radius 2 is 0.561 bits per heavy atom. The normalized spacial score (nSPS) is 11.9. The average molecular weight is 726 g/mol. The fourth-order valence-corrected chi connectivity index (χ4v) is 9.25. The van der Waals surface area contributed by atoms with E-state index >= 15 is 0 Å². The molecule has 0 saturated carbocycles. The van der Waals surface area contributed by atoms with E-state index in [0.717, 1.165) is 11.4 Å². The van der Waals surface area contributed by atoms with Crippen molar-refractivity contribution in [3.63, 3.8) is 0 Å². The minimum Gasteiger partial charge on any atom is -0.309 e. The predicted octanol–water partition coefficient (Wildman–Crippen LogP) is 14.3. The van der Waals surface area contributed by atoms with E-state index in [1.807, 2.05) is 0 Å². The molecule has 9 aromatic carbocycles. The van der Waals surface area contributed by atoms with Crippen molar-refractivity contribution in [1.29, 1.82) is 0 Å². The first-order chi connectivity index (χ1) is 28.3. The summed E-state index contributed by atoms with van der Waals surface area (Å²) >= 11 is 0. The number of benzene rings is 9. The predicted molar refractivity (Wildman–Crippen MR) is 240 cm³/mol. The van der Waals surface area contributed by atoms with Gasteiger partial charge in [0.25, 0.3) is 0 Å². The third kappa shape index (κ3) is 4.86. The molecule has 0 aliphatic rings. The molecule has 12 aromatic rings. The zero-order valence-electron chi connectivity index (χ0n) is 31.0. The Labute approximate surface area is 329 Å². The molecule has 0 aliphatic heterocycles. The quantitative estimate of drug-likeness (QED) is 0.168. The lowest BCUT2D eigenvalue weighted by Crippen LogP contribution is -1.97. The number of hydrogen-bond donors (Lipinski definition) is 0. The molecule has 3 nitrogen and oxygen atoms in total. The van der Waals surface area contributed by atoms with E-state index in [1.54, 1.807) is 0 Å². The molecule has 3 aromatic heterocycles. The highest BCUT2D eigenvalue weighted by atomic mass is 15.0. The molecule has 57 heavy (non-hydrogen) atoms. The summed E-state index contributed by atoms with van der Waals surface area (Å²) in [5, 5.41) is 7.48. The molecule has 0 radical (unpaired) electrons. The maximum atomic E-state index is 2.45. The van der Waals surface area contributed by atoms with Gasteiger partial charge in [-0.2, -0.15) is 0 Å². The van der Waals surface area contributed by atoms with Gasteiger partial charge in [-0.15, -0.1) is 0 Å². The molecule has 0 saturated heterocycles. The van der Waals surface area contributed by atoms with Gasteiger partial charge in [-0.05, 0) is 107 Å². The standard InChI is InChI=1S/C54H35N3/c1-4-14-36(15-5-1)37-24-29-52-47(32-37)48-34-39(38-25-30-51-46(33-38)44-21-11-13-23-50(44)55(51)40-16-6-2-7-17-40)26-31-53(48)57(52)42-27-28-45-43-20-10-12-22-49(43)56(54(45)35-42)41-18-8-3-9-19-41/h1-35H. The molecule has 3 heteroatoms. The van der Waals surface area contributed by atoms with Crippen LogP contribution in [0.3, 0.4) is 0 Å². The molecule has 0 amide bonds. The van der Waals surface area contributed by atoms with Crippen molar-refractivity contribution >= 4 is 65.4 Å². The van der Waals surface area contributed by atoms with Crippen LogP contribution in [-0.4, -0.2) is 13.7 Å². The summed E-state index contributed by atoms with van der Waals surface area (Å²) in [4.78, 5) is 0. The SMILES string of the molecule is c1ccc(-c2ccc3c(c2)c2cc(-c4ccc5c(c4)c4ccccc4n5-c4ccccc4)ccc2n3-c2ccc3c4ccccc4n(-c4ccccc4)c3c2)cc1. The second-order valence-electron chi connectivity index (χ2n) is 15.0. The van der Waals surface area contributed by atoms with Crippen LogP contribution in [0.2, 0.25) is 0 Å². The summed E-state index contributed by atoms with van der Waals surface area (Å²) in [5.74, 6) is 0. The molecule has 0 unspecified atom stereocenters. The van der Waals surface area contributed by atoms with Gasteiger partial charge < -0.3 is 13.7 Å². The molecule has 0 bridgehead atoms. The first kappa shape index (κ1) is 31.7. The summed E-state index contributed by atoms with van der Waals surface area (Å²) in [6.07, 6.45) is 0. The molecule has 0 atom stereocenters. The van der Waals surface area contributed by atoms with Crippen molar-refractivity contribution in [1.82, 2.24) is 13.7 Å². The Kier molecular flexibility index (Phi) is 6.93. The summed E-state index contributed by atoms with van der Waals surface area (Å²) in [6.45, 7) is 0. The van der Waals surface area contributed by atoms with E-state index in [2.05, 4.69) is 226 Å².